The standard InChI is InChI=1S/C25H21N3O2/c29-25(26-17-9-12-20-10-3-1-4-11-20)18-28-23-16-8-7-15-22(23)27-24(28)19-30-21-13-5-2-6-14-21/h1-8,10-11,13-16H,17-19H2,(H,26,29). The molecule has 5 nitrogen and oxygen atoms in total. The predicted octanol–water partition coefficient (Wildman–Crippen LogP) is 3.78. The summed E-state index contributed by atoms with van der Waals surface area (Å²) in [5.74, 6) is 7.35. The van der Waals surface area contributed by atoms with Crippen LogP contribution in [0.25, 0.3) is 11.0 Å². The molecular formula is C25H21N3O2. The van der Waals surface area contributed by atoms with Crippen molar-refractivity contribution < 1.29 is 9.53 Å². The first kappa shape index (κ1) is 19.3. The number of ether oxygens (including phenoxy) is 1. The summed E-state index contributed by atoms with van der Waals surface area (Å²) in [6.07, 6.45) is 0. The Balaban J connectivity index is 1.44. The number of carbonyl (C=O) groups excluding carboxylic acids is 1. The Bertz CT molecular complexity index is 1190. The Labute approximate surface area is 175 Å². The minimum atomic E-state index is -0.124. The van der Waals surface area contributed by atoms with E-state index in [0.29, 0.717) is 5.82 Å². The minimum absolute atomic E-state index is 0.124. The molecule has 0 radical (unpaired) electrons. The number of nitrogens with one attached hydrogen (secondary N) is 1. The van der Waals surface area contributed by atoms with Crippen LogP contribution in [0.4, 0.5) is 0 Å². The Morgan fingerprint density at radius 2 is 1.63 bits per heavy atom. The SMILES string of the molecule is O=C(Cn1c(COc2ccccc2)nc2ccccc21)NCC#Cc1ccccc1. The molecule has 0 spiro atoms. The molecule has 0 fully saturated rings. The molecule has 4 rings (SSSR count). The van der Waals surface area contributed by atoms with Gasteiger partial charge in [-0.2, -0.15) is 0 Å². The molecule has 0 saturated carbocycles. The second kappa shape index (κ2) is 9.44. The first-order valence-corrected chi connectivity index (χ1v) is 9.72. The number of imidazole rings is 1. The number of nitrogens with zero attached hydrogens (tertiary/aromatic N) is 2. The lowest BCUT2D eigenvalue weighted by Crippen LogP contribution is -2.28. The van der Waals surface area contributed by atoms with Crippen LogP contribution in [0.3, 0.4) is 0 Å². The van der Waals surface area contributed by atoms with E-state index < -0.39 is 0 Å². The first-order valence-electron chi connectivity index (χ1n) is 9.72. The van der Waals surface area contributed by atoms with E-state index in [2.05, 4.69) is 22.1 Å². The van der Waals surface area contributed by atoms with Gasteiger partial charge in [0.2, 0.25) is 5.91 Å². The summed E-state index contributed by atoms with van der Waals surface area (Å²) in [5.41, 5.74) is 2.66. The molecule has 0 saturated heterocycles. The highest BCUT2D eigenvalue weighted by Gasteiger charge is 2.14. The summed E-state index contributed by atoms with van der Waals surface area (Å²) in [7, 11) is 0. The predicted molar refractivity (Wildman–Crippen MR) is 117 cm³/mol. The molecule has 1 amide bonds. The van der Waals surface area contributed by atoms with E-state index in [1.165, 1.54) is 0 Å². The van der Waals surface area contributed by atoms with E-state index in [1.54, 1.807) is 0 Å². The van der Waals surface area contributed by atoms with Gasteiger partial charge in [-0.05, 0) is 36.4 Å². The van der Waals surface area contributed by atoms with Crippen LogP contribution in [-0.4, -0.2) is 22.0 Å². The van der Waals surface area contributed by atoms with Crippen LogP contribution in [0.2, 0.25) is 0 Å². The Morgan fingerprint density at radius 1 is 0.933 bits per heavy atom. The lowest BCUT2D eigenvalue weighted by atomic mass is 10.2. The highest BCUT2D eigenvalue weighted by Crippen LogP contribution is 2.18. The zero-order valence-electron chi connectivity index (χ0n) is 16.4. The fraction of sp³-hybridized carbons (Fsp3) is 0.120. The van der Waals surface area contributed by atoms with Gasteiger partial charge < -0.3 is 14.6 Å². The maximum absolute atomic E-state index is 12.5. The van der Waals surface area contributed by atoms with Gasteiger partial charge in [0, 0.05) is 5.56 Å². The molecule has 0 atom stereocenters. The summed E-state index contributed by atoms with van der Waals surface area (Å²) in [6, 6.07) is 27.0. The van der Waals surface area contributed by atoms with Gasteiger partial charge in [0.1, 0.15) is 24.7 Å². The second-order valence-electron chi connectivity index (χ2n) is 6.65. The van der Waals surface area contributed by atoms with Gasteiger partial charge in [-0.3, -0.25) is 4.79 Å². The van der Waals surface area contributed by atoms with E-state index >= 15 is 0 Å². The van der Waals surface area contributed by atoms with Crippen molar-refractivity contribution in [1.82, 2.24) is 14.9 Å². The van der Waals surface area contributed by atoms with Crippen LogP contribution in [0.1, 0.15) is 11.4 Å². The average molecular weight is 395 g/mol. The van der Waals surface area contributed by atoms with Crippen LogP contribution in [0, 0.1) is 11.8 Å². The number of hydrogen-bond donors (Lipinski definition) is 1. The number of para-hydroxylation sites is 3. The molecule has 0 bridgehead atoms. The normalized spacial score (nSPS) is 10.3. The number of hydrogen-bond acceptors (Lipinski definition) is 3. The number of rotatable bonds is 6. The second-order valence-corrected chi connectivity index (χ2v) is 6.65. The Morgan fingerprint density at radius 3 is 2.43 bits per heavy atom. The van der Waals surface area contributed by atoms with Crippen molar-refractivity contribution in [3.8, 4) is 17.6 Å². The molecule has 148 valence electrons. The number of benzene rings is 3. The molecule has 1 aromatic heterocycles. The number of fused-ring (bicyclic) bond motifs is 1. The monoisotopic (exact) mass is 395 g/mol. The van der Waals surface area contributed by atoms with Crippen molar-refractivity contribution in [2.75, 3.05) is 6.54 Å². The number of carbonyl (C=O) groups is 1. The van der Waals surface area contributed by atoms with Gasteiger partial charge in [-0.1, -0.05) is 60.4 Å². The molecule has 1 heterocycles. The van der Waals surface area contributed by atoms with Crippen LogP contribution >= 0.6 is 0 Å². The fourth-order valence-corrected chi connectivity index (χ4v) is 3.09. The first-order chi connectivity index (χ1) is 14.8. The fourth-order valence-electron chi connectivity index (χ4n) is 3.09. The van der Waals surface area contributed by atoms with Gasteiger partial charge in [0.15, 0.2) is 0 Å². The lowest BCUT2D eigenvalue weighted by molar-refractivity contribution is -0.121. The maximum Gasteiger partial charge on any atom is 0.240 e. The Kier molecular flexibility index (Phi) is 6.07. The molecule has 3 aromatic carbocycles. The zero-order chi connectivity index (χ0) is 20.6. The van der Waals surface area contributed by atoms with Crippen LogP contribution in [0.5, 0.6) is 5.75 Å². The lowest BCUT2D eigenvalue weighted by Gasteiger charge is -2.10. The third kappa shape index (κ3) is 4.86. The van der Waals surface area contributed by atoms with E-state index in [4.69, 9.17) is 4.74 Å². The van der Waals surface area contributed by atoms with Gasteiger partial charge in [-0.25, -0.2) is 4.98 Å². The summed E-state index contributed by atoms with van der Waals surface area (Å²) < 4.78 is 7.74. The Hall–Kier alpha value is -4.04. The third-order valence-electron chi connectivity index (χ3n) is 4.53. The molecule has 1 N–H and O–H groups in total. The van der Waals surface area contributed by atoms with Crippen LogP contribution in [0.15, 0.2) is 84.9 Å². The van der Waals surface area contributed by atoms with Crippen molar-refractivity contribution in [2.45, 2.75) is 13.2 Å². The molecular weight excluding hydrogens is 374 g/mol. The molecule has 5 heteroatoms. The van der Waals surface area contributed by atoms with Crippen molar-refractivity contribution >= 4 is 16.9 Å². The summed E-state index contributed by atoms with van der Waals surface area (Å²) >= 11 is 0. The van der Waals surface area contributed by atoms with Gasteiger partial charge >= 0.3 is 0 Å². The van der Waals surface area contributed by atoms with Crippen molar-refractivity contribution in [3.63, 3.8) is 0 Å². The third-order valence-corrected chi connectivity index (χ3v) is 4.53. The van der Waals surface area contributed by atoms with Crippen LogP contribution < -0.4 is 10.1 Å². The summed E-state index contributed by atoms with van der Waals surface area (Å²) in [4.78, 5) is 17.2. The van der Waals surface area contributed by atoms with Gasteiger partial charge in [-0.15, -0.1) is 0 Å². The summed E-state index contributed by atoms with van der Waals surface area (Å²) in [5, 5.41) is 2.85. The van der Waals surface area contributed by atoms with E-state index in [9.17, 15) is 4.79 Å². The maximum atomic E-state index is 12.5. The topological polar surface area (TPSA) is 56.2 Å². The molecule has 0 aliphatic heterocycles. The highest BCUT2D eigenvalue weighted by molar-refractivity contribution is 5.81. The van der Waals surface area contributed by atoms with E-state index in [0.717, 1.165) is 22.3 Å². The van der Waals surface area contributed by atoms with Gasteiger partial charge in [0.05, 0.1) is 17.6 Å². The largest absolute Gasteiger partial charge is 0.486 e. The van der Waals surface area contributed by atoms with Gasteiger partial charge in [0.25, 0.3) is 0 Å². The highest BCUT2D eigenvalue weighted by atomic mass is 16.5. The quantitative estimate of drug-likeness (QED) is 0.506. The number of aromatic nitrogens is 2. The molecule has 0 aliphatic rings. The minimum Gasteiger partial charge on any atom is -0.486 e. The molecule has 4 aromatic rings. The van der Waals surface area contributed by atoms with Crippen LogP contribution in [-0.2, 0) is 17.9 Å². The van der Waals surface area contributed by atoms with Crippen molar-refractivity contribution in [3.05, 3.63) is 96.3 Å². The van der Waals surface area contributed by atoms with Crippen molar-refractivity contribution in [1.29, 1.82) is 0 Å². The zero-order valence-corrected chi connectivity index (χ0v) is 16.4. The molecule has 0 aliphatic carbocycles. The van der Waals surface area contributed by atoms with E-state index in [-0.39, 0.29) is 25.6 Å². The summed E-state index contributed by atoms with van der Waals surface area (Å²) in [6.45, 7) is 0.719. The smallest absolute Gasteiger partial charge is 0.240 e. The molecule has 0 unspecified atom stereocenters. The number of amides is 1. The molecule has 30 heavy (non-hydrogen) atoms. The average Bonchev–Trinajstić information content (AvgIpc) is 3.14. The van der Waals surface area contributed by atoms with E-state index in [1.807, 2.05) is 89.5 Å². The van der Waals surface area contributed by atoms with Crippen molar-refractivity contribution in [2.24, 2.45) is 0 Å².